The number of rotatable bonds is 3. The summed E-state index contributed by atoms with van der Waals surface area (Å²) in [5.41, 5.74) is -1.20. The second-order valence-electron chi connectivity index (χ2n) is 6.75. The van der Waals surface area contributed by atoms with E-state index >= 15 is 0 Å². The van der Waals surface area contributed by atoms with Gasteiger partial charge in [-0.1, -0.05) is 0 Å². The molecule has 9 nitrogen and oxygen atoms in total. The predicted octanol–water partition coefficient (Wildman–Crippen LogP) is 2.87. The van der Waals surface area contributed by atoms with Gasteiger partial charge in [-0.15, -0.1) is 0 Å². The molecule has 1 aromatic carbocycles. The number of alkyl halides is 3. The lowest BCUT2D eigenvalue weighted by Crippen LogP contribution is -2.51. The summed E-state index contributed by atoms with van der Waals surface area (Å²) >= 11 is 0. The lowest BCUT2D eigenvalue weighted by Gasteiger charge is -2.34. The Hall–Kier alpha value is -3.83. The first-order valence-corrected chi connectivity index (χ1v) is 9.28. The van der Waals surface area contributed by atoms with Gasteiger partial charge < -0.3 is 19.5 Å². The second kappa shape index (κ2) is 8.13. The Kier molecular flexibility index (Phi) is 5.36. The number of furan rings is 1. The zero-order valence-corrected chi connectivity index (χ0v) is 16.0. The molecule has 3 amide bonds. The van der Waals surface area contributed by atoms with Crippen LogP contribution in [-0.2, 0) is 6.18 Å². The predicted molar refractivity (Wildman–Crippen MR) is 102 cm³/mol. The molecular formula is C19H17F3N6O3. The summed E-state index contributed by atoms with van der Waals surface area (Å²) in [6.45, 7) is 0.835. The summed E-state index contributed by atoms with van der Waals surface area (Å²) in [4.78, 5) is 31.5. The Morgan fingerprint density at radius 3 is 2.42 bits per heavy atom. The van der Waals surface area contributed by atoms with Gasteiger partial charge in [0, 0.05) is 26.2 Å². The van der Waals surface area contributed by atoms with E-state index in [2.05, 4.69) is 15.4 Å². The Labute approximate surface area is 174 Å². The zero-order valence-electron chi connectivity index (χ0n) is 16.0. The first-order chi connectivity index (χ1) is 14.8. The van der Waals surface area contributed by atoms with Gasteiger partial charge in [-0.05, 0) is 30.3 Å². The number of urea groups is 1. The van der Waals surface area contributed by atoms with Crippen molar-refractivity contribution < 1.29 is 27.2 Å². The molecule has 1 N–H and O–H groups in total. The van der Waals surface area contributed by atoms with E-state index in [4.69, 9.17) is 4.42 Å². The standard InChI is InChI=1S/C19H17F3N6O3/c20-19(21,22)14-10-13(28-12-23-11-24-28)3-4-15(14)25-18(30)27-7-5-26(6-8-27)17(29)16-2-1-9-31-16/h1-4,9-12H,5-8H2,(H,25,30). The molecule has 0 bridgehead atoms. The van der Waals surface area contributed by atoms with Gasteiger partial charge in [0.25, 0.3) is 5.91 Å². The van der Waals surface area contributed by atoms with E-state index in [1.807, 2.05) is 0 Å². The van der Waals surface area contributed by atoms with Crippen molar-refractivity contribution >= 4 is 17.6 Å². The fraction of sp³-hybridized carbons (Fsp3) is 0.263. The highest BCUT2D eigenvalue weighted by atomic mass is 19.4. The quantitative estimate of drug-likeness (QED) is 0.684. The van der Waals surface area contributed by atoms with Gasteiger partial charge in [-0.3, -0.25) is 4.79 Å². The molecule has 2 aromatic heterocycles. The summed E-state index contributed by atoms with van der Waals surface area (Å²) in [6, 6.07) is 5.94. The minimum atomic E-state index is -4.69. The highest BCUT2D eigenvalue weighted by molar-refractivity contribution is 5.92. The van der Waals surface area contributed by atoms with Crippen molar-refractivity contribution in [1.29, 1.82) is 0 Å². The molecular weight excluding hydrogens is 417 g/mol. The van der Waals surface area contributed by atoms with Crippen LogP contribution in [0.3, 0.4) is 0 Å². The average molecular weight is 434 g/mol. The van der Waals surface area contributed by atoms with Crippen LogP contribution < -0.4 is 5.32 Å². The fourth-order valence-electron chi connectivity index (χ4n) is 3.22. The maximum atomic E-state index is 13.6. The van der Waals surface area contributed by atoms with Crippen molar-refractivity contribution in [1.82, 2.24) is 24.6 Å². The third-order valence-corrected chi connectivity index (χ3v) is 4.82. The Morgan fingerprint density at radius 2 is 1.81 bits per heavy atom. The summed E-state index contributed by atoms with van der Waals surface area (Å²) in [6.07, 6.45) is -0.812. The van der Waals surface area contributed by atoms with Gasteiger partial charge in [0.05, 0.1) is 23.2 Å². The molecule has 31 heavy (non-hydrogen) atoms. The lowest BCUT2D eigenvalue weighted by atomic mass is 10.1. The monoisotopic (exact) mass is 434 g/mol. The molecule has 0 radical (unpaired) electrons. The third-order valence-electron chi connectivity index (χ3n) is 4.82. The summed E-state index contributed by atoms with van der Waals surface area (Å²) in [5.74, 6) is -0.103. The number of benzene rings is 1. The van der Waals surface area contributed by atoms with Crippen LogP contribution in [-0.4, -0.2) is 62.7 Å². The Balaban J connectivity index is 1.44. The van der Waals surface area contributed by atoms with Crippen LogP contribution in [0.4, 0.5) is 23.7 Å². The zero-order chi connectivity index (χ0) is 22.0. The SMILES string of the molecule is O=C(Nc1ccc(-n2cncn2)cc1C(F)(F)F)N1CCN(C(=O)c2ccco2)CC1. The number of piperazine rings is 1. The number of hydrogen-bond donors (Lipinski definition) is 1. The molecule has 4 rings (SSSR count). The third kappa shape index (κ3) is 4.37. The van der Waals surface area contributed by atoms with Crippen LogP contribution in [0.25, 0.3) is 5.69 Å². The highest BCUT2D eigenvalue weighted by Gasteiger charge is 2.35. The molecule has 12 heteroatoms. The van der Waals surface area contributed by atoms with Crippen molar-refractivity contribution in [2.24, 2.45) is 0 Å². The van der Waals surface area contributed by atoms with Gasteiger partial charge in [-0.25, -0.2) is 14.5 Å². The van der Waals surface area contributed by atoms with Crippen molar-refractivity contribution in [3.05, 3.63) is 60.6 Å². The van der Waals surface area contributed by atoms with Crippen LogP contribution in [0.1, 0.15) is 16.1 Å². The van der Waals surface area contributed by atoms with Crippen LogP contribution in [0.2, 0.25) is 0 Å². The molecule has 0 spiro atoms. The first kappa shape index (κ1) is 20.4. The topological polar surface area (TPSA) is 96.5 Å². The second-order valence-corrected chi connectivity index (χ2v) is 6.75. The number of hydrogen-bond acceptors (Lipinski definition) is 5. The molecule has 1 fully saturated rings. The van der Waals surface area contributed by atoms with Crippen molar-refractivity contribution in [3.63, 3.8) is 0 Å². The van der Waals surface area contributed by atoms with E-state index < -0.39 is 17.8 Å². The average Bonchev–Trinajstić information content (AvgIpc) is 3.47. The number of halogens is 3. The largest absolute Gasteiger partial charge is 0.459 e. The van der Waals surface area contributed by atoms with E-state index in [9.17, 15) is 22.8 Å². The number of amides is 3. The van der Waals surface area contributed by atoms with Gasteiger partial charge in [0.1, 0.15) is 12.7 Å². The molecule has 3 heterocycles. The first-order valence-electron chi connectivity index (χ1n) is 9.28. The summed E-state index contributed by atoms with van der Waals surface area (Å²) < 4.78 is 47.0. The fourth-order valence-corrected chi connectivity index (χ4v) is 3.22. The normalized spacial score (nSPS) is 14.5. The van der Waals surface area contributed by atoms with Crippen LogP contribution >= 0.6 is 0 Å². The van der Waals surface area contributed by atoms with E-state index in [1.165, 1.54) is 45.5 Å². The summed E-state index contributed by atoms with van der Waals surface area (Å²) in [5, 5.41) is 6.15. The number of nitrogens with one attached hydrogen (secondary N) is 1. The molecule has 1 aliphatic heterocycles. The maximum Gasteiger partial charge on any atom is 0.418 e. The van der Waals surface area contributed by atoms with E-state index in [0.29, 0.717) is 0 Å². The molecule has 3 aromatic rings. The van der Waals surface area contributed by atoms with Crippen LogP contribution in [0, 0.1) is 0 Å². The number of anilines is 1. The molecule has 1 aliphatic rings. The van der Waals surface area contributed by atoms with Crippen molar-refractivity contribution in [2.75, 3.05) is 31.5 Å². The van der Waals surface area contributed by atoms with Gasteiger partial charge in [0.15, 0.2) is 5.76 Å². The van der Waals surface area contributed by atoms with E-state index in [1.54, 1.807) is 12.1 Å². The Morgan fingerprint density at radius 1 is 1.06 bits per heavy atom. The van der Waals surface area contributed by atoms with Gasteiger partial charge in [-0.2, -0.15) is 18.3 Å². The maximum absolute atomic E-state index is 13.6. The number of carbonyl (C=O) groups is 2. The molecule has 162 valence electrons. The minimum absolute atomic E-state index is 0.160. The molecule has 0 saturated carbocycles. The lowest BCUT2D eigenvalue weighted by molar-refractivity contribution is -0.136. The molecule has 0 atom stereocenters. The van der Waals surface area contributed by atoms with Gasteiger partial charge >= 0.3 is 12.2 Å². The van der Waals surface area contributed by atoms with E-state index in [0.717, 1.165) is 6.07 Å². The highest BCUT2D eigenvalue weighted by Crippen LogP contribution is 2.36. The minimum Gasteiger partial charge on any atom is -0.459 e. The van der Waals surface area contributed by atoms with Crippen LogP contribution in [0.5, 0.6) is 0 Å². The van der Waals surface area contributed by atoms with Crippen molar-refractivity contribution in [2.45, 2.75) is 6.18 Å². The van der Waals surface area contributed by atoms with Crippen molar-refractivity contribution in [3.8, 4) is 5.69 Å². The smallest absolute Gasteiger partial charge is 0.418 e. The number of nitrogens with zero attached hydrogens (tertiary/aromatic N) is 5. The molecule has 1 saturated heterocycles. The molecule has 0 aliphatic carbocycles. The van der Waals surface area contributed by atoms with Crippen LogP contribution in [0.15, 0.2) is 53.7 Å². The Bertz CT molecular complexity index is 1060. The number of carbonyl (C=O) groups excluding carboxylic acids is 2. The van der Waals surface area contributed by atoms with Gasteiger partial charge in [0.2, 0.25) is 0 Å². The van der Waals surface area contributed by atoms with E-state index in [-0.39, 0.29) is 49.2 Å². The molecule has 0 unspecified atom stereocenters. The summed E-state index contributed by atoms with van der Waals surface area (Å²) in [7, 11) is 0. The number of aromatic nitrogens is 3.